The molecule has 0 bridgehead atoms. The third kappa shape index (κ3) is 3.73. The fraction of sp³-hybridized carbons (Fsp3) is 0.143. The van der Waals surface area contributed by atoms with Gasteiger partial charge in [0.05, 0.1) is 30.3 Å². The summed E-state index contributed by atoms with van der Waals surface area (Å²) in [5.41, 5.74) is 1.73. The minimum atomic E-state index is -0.639. The van der Waals surface area contributed by atoms with Crippen LogP contribution in [0.4, 0.5) is 11.4 Å². The van der Waals surface area contributed by atoms with Gasteiger partial charge in [-0.25, -0.2) is 4.79 Å². The summed E-state index contributed by atoms with van der Waals surface area (Å²) in [7, 11) is 2.80. The van der Waals surface area contributed by atoms with Crippen LogP contribution in [0.2, 0.25) is 0 Å². The SMILES string of the molecule is COC(=O)C1=C(C)N(c2ccc([N+](=O)[O-])cc2)C(=O)C1=Cc1ccc(OC)cc1. The topological polar surface area (TPSA) is 99.0 Å². The first-order valence-electron chi connectivity index (χ1n) is 8.61. The molecule has 8 nitrogen and oxygen atoms in total. The maximum Gasteiger partial charge on any atom is 0.340 e. The number of rotatable bonds is 5. The largest absolute Gasteiger partial charge is 0.497 e. The van der Waals surface area contributed by atoms with Crippen molar-refractivity contribution in [2.45, 2.75) is 6.92 Å². The number of allylic oxidation sites excluding steroid dienone is 1. The highest BCUT2D eigenvalue weighted by atomic mass is 16.6. The summed E-state index contributed by atoms with van der Waals surface area (Å²) >= 11 is 0. The number of amides is 1. The maximum atomic E-state index is 13.1. The number of hydrogen-bond acceptors (Lipinski definition) is 6. The number of anilines is 1. The van der Waals surface area contributed by atoms with Crippen LogP contribution in [0.25, 0.3) is 6.08 Å². The number of nitro benzene ring substituents is 1. The van der Waals surface area contributed by atoms with Crippen molar-refractivity contribution in [2.24, 2.45) is 0 Å². The zero-order valence-electron chi connectivity index (χ0n) is 16.0. The predicted molar refractivity (Wildman–Crippen MR) is 106 cm³/mol. The van der Waals surface area contributed by atoms with Gasteiger partial charge >= 0.3 is 5.97 Å². The van der Waals surface area contributed by atoms with E-state index in [0.29, 0.717) is 22.7 Å². The Morgan fingerprint density at radius 1 is 1.07 bits per heavy atom. The van der Waals surface area contributed by atoms with Crippen molar-refractivity contribution in [1.82, 2.24) is 0 Å². The molecule has 1 amide bonds. The van der Waals surface area contributed by atoms with Crippen LogP contribution in [-0.2, 0) is 14.3 Å². The molecule has 2 aromatic rings. The molecular formula is C21H18N2O6. The fourth-order valence-electron chi connectivity index (χ4n) is 3.08. The van der Waals surface area contributed by atoms with Crippen molar-refractivity contribution >= 4 is 29.3 Å². The molecular weight excluding hydrogens is 376 g/mol. The van der Waals surface area contributed by atoms with Gasteiger partial charge in [0, 0.05) is 23.5 Å². The van der Waals surface area contributed by atoms with E-state index in [1.807, 2.05) is 0 Å². The van der Waals surface area contributed by atoms with Gasteiger partial charge in [-0.2, -0.15) is 0 Å². The van der Waals surface area contributed by atoms with Crippen LogP contribution in [0, 0.1) is 10.1 Å². The second kappa shape index (κ2) is 7.97. The average molecular weight is 394 g/mol. The maximum absolute atomic E-state index is 13.1. The van der Waals surface area contributed by atoms with Crippen molar-refractivity contribution < 1.29 is 24.0 Å². The number of carbonyl (C=O) groups is 2. The lowest BCUT2D eigenvalue weighted by Crippen LogP contribution is -2.24. The summed E-state index contributed by atoms with van der Waals surface area (Å²) in [4.78, 5) is 37.2. The fourth-order valence-corrected chi connectivity index (χ4v) is 3.08. The molecule has 2 aromatic carbocycles. The summed E-state index contributed by atoms with van der Waals surface area (Å²) in [6, 6.07) is 12.5. The third-order valence-electron chi connectivity index (χ3n) is 4.54. The van der Waals surface area contributed by atoms with Gasteiger partial charge in [-0.1, -0.05) is 12.1 Å². The molecule has 1 heterocycles. The molecule has 0 aromatic heterocycles. The lowest BCUT2D eigenvalue weighted by Gasteiger charge is -2.17. The second-order valence-corrected chi connectivity index (χ2v) is 6.20. The van der Waals surface area contributed by atoms with Gasteiger partial charge in [-0.05, 0) is 42.8 Å². The Labute approximate surface area is 166 Å². The molecule has 148 valence electrons. The first kappa shape index (κ1) is 19.8. The molecule has 0 N–H and O–H groups in total. The molecule has 0 saturated heterocycles. The second-order valence-electron chi connectivity index (χ2n) is 6.20. The summed E-state index contributed by atoms with van der Waals surface area (Å²) in [6.07, 6.45) is 1.60. The Balaban J connectivity index is 2.07. The number of nitro groups is 1. The zero-order valence-corrected chi connectivity index (χ0v) is 16.0. The minimum Gasteiger partial charge on any atom is -0.497 e. The van der Waals surface area contributed by atoms with Crippen LogP contribution in [0.1, 0.15) is 12.5 Å². The summed E-state index contributed by atoms with van der Waals surface area (Å²) in [5.74, 6) is -0.398. The third-order valence-corrected chi connectivity index (χ3v) is 4.54. The van der Waals surface area contributed by atoms with Crippen molar-refractivity contribution in [3.8, 4) is 5.75 Å². The van der Waals surface area contributed by atoms with Gasteiger partial charge in [0.25, 0.3) is 11.6 Å². The summed E-state index contributed by atoms with van der Waals surface area (Å²) in [6.45, 7) is 1.63. The molecule has 8 heteroatoms. The van der Waals surface area contributed by atoms with Crippen molar-refractivity contribution in [3.05, 3.63) is 81.1 Å². The van der Waals surface area contributed by atoms with Crippen molar-refractivity contribution in [2.75, 3.05) is 19.1 Å². The molecule has 0 radical (unpaired) electrons. The molecule has 29 heavy (non-hydrogen) atoms. The monoisotopic (exact) mass is 394 g/mol. The molecule has 0 unspecified atom stereocenters. The highest BCUT2D eigenvalue weighted by Gasteiger charge is 2.38. The molecule has 0 saturated carbocycles. The predicted octanol–water partition coefficient (Wildman–Crippen LogP) is 3.48. The van der Waals surface area contributed by atoms with Crippen molar-refractivity contribution in [1.29, 1.82) is 0 Å². The first-order chi connectivity index (χ1) is 13.9. The Bertz CT molecular complexity index is 1040. The quantitative estimate of drug-likeness (QED) is 0.333. The Hall–Kier alpha value is -3.94. The van der Waals surface area contributed by atoms with Gasteiger partial charge in [0.2, 0.25) is 0 Å². The number of non-ortho nitro benzene ring substituents is 1. The van der Waals surface area contributed by atoms with E-state index in [-0.39, 0.29) is 16.8 Å². The van der Waals surface area contributed by atoms with Gasteiger partial charge in [0.1, 0.15) is 5.75 Å². The standard InChI is InChI=1S/C21H18N2O6/c1-13-19(21(25)29-3)18(12-14-4-10-17(28-2)11-5-14)20(24)22(13)15-6-8-16(9-7-15)23(26)27/h4-12H,1-3H3. The van der Waals surface area contributed by atoms with E-state index in [1.165, 1.54) is 36.3 Å². The van der Waals surface area contributed by atoms with Crippen LogP contribution >= 0.6 is 0 Å². The van der Waals surface area contributed by atoms with Crippen LogP contribution in [0.3, 0.4) is 0 Å². The minimum absolute atomic E-state index is 0.0933. The average Bonchev–Trinajstić information content (AvgIpc) is 2.97. The van der Waals surface area contributed by atoms with Crippen molar-refractivity contribution in [3.63, 3.8) is 0 Å². The molecule has 3 rings (SSSR count). The van der Waals surface area contributed by atoms with E-state index in [4.69, 9.17) is 9.47 Å². The lowest BCUT2D eigenvalue weighted by atomic mass is 10.0. The van der Waals surface area contributed by atoms with E-state index < -0.39 is 16.8 Å². The smallest absolute Gasteiger partial charge is 0.340 e. The molecule has 0 aliphatic carbocycles. The number of ether oxygens (including phenoxy) is 2. The van der Waals surface area contributed by atoms with E-state index in [0.717, 1.165) is 0 Å². The van der Waals surface area contributed by atoms with Gasteiger partial charge in [-0.15, -0.1) is 0 Å². The number of methoxy groups -OCH3 is 2. The Morgan fingerprint density at radius 2 is 1.69 bits per heavy atom. The molecule has 0 fully saturated rings. The zero-order chi connectivity index (χ0) is 21.1. The van der Waals surface area contributed by atoms with Crippen LogP contribution in [0.15, 0.2) is 65.4 Å². The molecule has 0 atom stereocenters. The number of carbonyl (C=O) groups excluding carboxylic acids is 2. The van der Waals surface area contributed by atoms with Gasteiger partial charge in [-0.3, -0.25) is 19.8 Å². The van der Waals surface area contributed by atoms with Crippen LogP contribution < -0.4 is 9.64 Å². The number of hydrogen-bond donors (Lipinski definition) is 0. The molecule has 1 aliphatic rings. The Morgan fingerprint density at radius 3 is 2.21 bits per heavy atom. The molecule has 1 aliphatic heterocycles. The first-order valence-corrected chi connectivity index (χ1v) is 8.61. The van der Waals surface area contributed by atoms with Gasteiger partial charge < -0.3 is 9.47 Å². The van der Waals surface area contributed by atoms with E-state index in [2.05, 4.69) is 0 Å². The molecule has 0 spiro atoms. The summed E-state index contributed by atoms with van der Waals surface area (Å²) in [5, 5.41) is 10.9. The lowest BCUT2D eigenvalue weighted by molar-refractivity contribution is -0.384. The van der Waals surface area contributed by atoms with Crippen LogP contribution in [-0.4, -0.2) is 31.0 Å². The number of esters is 1. The van der Waals surface area contributed by atoms with Gasteiger partial charge in [0.15, 0.2) is 0 Å². The number of benzene rings is 2. The van der Waals surface area contributed by atoms with Crippen LogP contribution in [0.5, 0.6) is 5.75 Å². The van der Waals surface area contributed by atoms with E-state index >= 15 is 0 Å². The number of nitrogens with zero attached hydrogens (tertiary/aromatic N) is 2. The highest BCUT2D eigenvalue weighted by molar-refractivity contribution is 6.23. The highest BCUT2D eigenvalue weighted by Crippen LogP contribution is 2.36. The summed E-state index contributed by atoms with van der Waals surface area (Å²) < 4.78 is 9.99. The normalized spacial score (nSPS) is 15.1. The Kier molecular flexibility index (Phi) is 5.45. The van der Waals surface area contributed by atoms with E-state index in [1.54, 1.807) is 44.4 Å². The van der Waals surface area contributed by atoms with E-state index in [9.17, 15) is 19.7 Å².